The number of nitrogens with zero attached hydrogens (tertiary/aromatic N) is 3. The van der Waals surface area contributed by atoms with Crippen molar-refractivity contribution < 1.29 is 14.3 Å². The largest absolute Gasteiger partial charge is 0.496 e. The first-order valence-corrected chi connectivity index (χ1v) is 11.0. The van der Waals surface area contributed by atoms with Crippen LogP contribution in [-0.2, 0) is 6.42 Å². The zero-order valence-electron chi connectivity index (χ0n) is 19.9. The average molecular weight is 473 g/mol. The first kappa shape index (κ1) is 23.8. The number of aromatic nitrogens is 2. The number of hydrogen-bond acceptors (Lipinski definition) is 8. The van der Waals surface area contributed by atoms with E-state index in [4.69, 9.17) is 20.9 Å². The summed E-state index contributed by atoms with van der Waals surface area (Å²) < 4.78 is 11.6. The maximum Gasteiger partial charge on any atom is 0.248 e. The Kier molecular flexibility index (Phi) is 6.98. The average Bonchev–Trinajstić information content (AvgIpc) is 2.85. The zero-order valence-corrected chi connectivity index (χ0v) is 19.9. The smallest absolute Gasteiger partial charge is 0.248 e. The van der Waals surface area contributed by atoms with E-state index in [1.165, 1.54) is 0 Å². The van der Waals surface area contributed by atoms with Crippen molar-refractivity contribution in [3.8, 4) is 17.4 Å². The molecule has 1 atom stereocenters. The van der Waals surface area contributed by atoms with Crippen LogP contribution < -0.4 is 26.3 Å². The first-order valence-electron chi connectivity index (χ1n) is 11.0. The molecule has 35 heavy (non-hydrogen) atoms. The quantitative estimate of drug-likeness (QED) is 0.249. The van der Waals surface area contributed by atoms with Gasteiger partial charge in [0.05, 0.1) is 13.3 Å². The van der Waals surface area contributed by atoms with Gasteiger partial charge in [-0.05, 0) is 43.9 Å². The van der Waals surface area contributed by atoms with Crippen molar-refractivity contribution in [3.63, 3.8) is 0 Å². The van der Waals surface area contributed by atoms with Crippen LogP contribution in [0.5, 0.6) is 17.4 Å². The second kappa shape index (κ2) is 10.3. The van der Waals surface area contributed by atoms with Crippen LogP contribution in [0, 0.1) is 0 Å². The third-order valence-corrected chi connectivity index (χ3v) is 5.67. The summed E-state index contributed by atoms with van der Waals surface area (Å²) in [5, 5.41) is 5.16. The van der Waals surface area contributed by atoms with Crippen molar-refractivity contribution in [3.05, 3.63) is 78.0 Å². The number of rotatable bonds is 9. The van der Waals surface area contributed by atoms with Crippen molar-refractivity contribution >= 4 is 28.3 Å². The lowest BCUT2D eigenvalue weighted by atomic mass is 10.1. The molecular weight excluding hydrogens is 444 g/mol. The van der Waals surface area contributed by atoms with Gasteiger partial charge in [-0.2, -0.15) is 4.98 Å². The highest BCUT2D eigenvalue weighted by Crippen LogP contribution is 2.32. The molecular formula is C26H28N6O3. The molecule has 180 valence electrons. The number of primary amides is 1. The molecule has 3 aromatic carbocycles. The minimum atomic E-state index is -0.503. The predicted molar refractivity (Wildman–Crippen MR) is 137 cm³/mol. The number of ether oxygens (including phenoxy) is 2. The van der Waals surface area contributed by atoms with E-state index in [2.05, 4.69) is 15.3 Å². The van der Waals surface area contributed by atoms with Crippen LogP contribution in [0.2, 0.25) is 0 Å². The Hall–Kier alpha value is -4.37. The Bertz CT molecular complexity index is 1360. The van der Waals surface area contributed by atoms with Gasteiger partial charge in [0.25, 0.3) is 0 Å². The number of benzene rings is 3. The van der Waals surface area contributed by atoms with E-state index < -0.39 is 5.91 Å². The third-order valence-electron chi connectivity index (χ3n) is 5.67. The standard InChI is InChI=1S/C26H28N6O3/c1-32(2)23(15-16-8-9-17(25(28)33)14-22(16)34-3)30-26-29-13-12-24(31-26)35-21-11-10-20(27)18-6-4-5-7-19(18)21/h4-14,23H,15,27H2,1-3H3,(H2,28,33)(H,29,30,31). The number of carbonyl (C=O) groups excluding carboxylic acids is 1. The van der Waals surface area contributed by atoms with Crippen LogP contribution in [0.3, 0.4) is 0 Å². The molecule has 0 spiro atoms. The van der Waals surface area contributed by atoms with E-state index in [1.807, 2.05) is 61.5 Å². The van der Waals surface area contributed by atoms with Gasteiger partial charge in [-0.25, -0.2) is 4.98 Å². The zero-order chi connectivity index (χ0) is 24.9. The monoisotopic (exact) mass is 472 g/mol. The molecule has 0 radical (unpaired) electrons. The van der Waals surface area contributed by atoms with Gasteiger partial charge in [-0.1, -0.05) is 30.3 Å². The molecule has 1 unspecified atom stereocenters. The van der Waals surface area contributed by atoms with Gasteiger partial charge >= 0.3 is 0 Å². The third kappa shape index (κ3) is 5.42. The van der Waals surface area contributed by atoms with E-state index in [-0.39, 0.29) is 6.17 Å². The summed E-state index contributed by atoms with van der Waals surface area (Å²) in [5.74, 6) is 1.55. The highest BCUT2D eigenvalue weighted by molar-refractivity contribution is 5.97. The number of amides is 1. The van der Waals surface area contributed by atoms with Crippen molar-refractivity contribution in [2.24, 2.45) is 5.73 Å². The Labute approximate surface area is 203 Å². The van der Waals surface area contributed by atoms with Crippen molar-refractivity contribution in [2.75, 3.05) is 32.3 Å². The minimum absolute atomic E-state index is 0.170. The van der Waals surface area contributed by atoms with Crippen LogP contribution in [0.25, 0.3) is 10.8 Å². The fraction of sp³-hybridized carbons (Fsp3) is 0.192. The number of fused-ring (bicyclic) bond motifs is 1. The summed E-state index contributed by atoms with van der Waals surface area (Å²) in [5.41, 5.74) is 13.5. The van der Waals surface area contributed by atoms with Crippen molar-refractivity contribution in [2.45, 2.75) is 12.6 Å². The highest BCUT2D eigenvalue weighted by Gasteiger charge is 2.18. The summed E-state index contributed by atoms with van der Waals surface area (Å²) >= 11 is 0. The lowest BCUT2D eigenvalue weighted by Gasteiger charge is -2.26. The number of likely N-dealkylation sites (N-methyl/N-ethyl adjacent to an activating group) is 1. The summed E-state index contributed by atoms with van der Waals surface area (Å²) in [4.78, 5) is 22.4. The van der Waals surface area contributed by atoms with E-state index >= 15 is 0 Å². The summed E-state index contributed by atoms with van der Waals surface area (Å²) in [6, 6.07) is 18.3. The molecule has 0 bridgehead atoms. The van der Waals surface area contributed by atoms with E-state index in [0.717, 1.165) is 16.3 Å². The number of nitrogens with one attached hydrogen (secondary N) is 1. The second-order valence-electron chi connectivity index (χ2n) is 8.24. The lowest BCUT2D eigenvalue weighted by Crippen LogP contribution is -2.37. The minimum Gasteiger partial charge on any atom is -0.496 e. The molecule has 9 nitrogen and oxygen atoms in total. The lowest BCUT2D eigenvalue weighted by molar-refractivity contribution is 0.1000. The first-order chi connectivity index (χ1) is 16.9. The summed E-state index contributed by atoms with van der Waals surface area (Å²) in [6.07, 6.45) is 2.03. The molecule has 1 aromatic heterocycles. The molecule has 0 aliphatic rings. The van der Waals surface area contributed by atoms with Gasteiger partial charge in [0.1, 0.15) is 11.5 Å². The Balaban J connectivity index is 1.55. The van der Waals surface area contributed by atoms with Crippen LogP contribution in [0.1, 0.15) is 15.9 Å². The molecule has 4 aromatic rings. The van der Waals surface area contributed by atoms with Crippen LogP contribution in [-0.4, -0.2) is 48.1 Å². The van der Waals surface area contributed by atoms with Crippen LogP contribution in [0.15, 0.2) is 66.9 Å². The van der Waals surface area contributed by atoms with Gasteiger partial charge < -0.3 is 26.3 Å². The molecule has 4 rings (SSSR count). The van der Waals surface area contributed by atoms with Crippen LogP contribution in [0.4, 0.5) is 11.6 Å². The Morgan fingerprint density at radius 3 is 2.54 bits per heavy atom. The van der Waals surface area contributed by atoms with Gasteiger partial charge in [0.2, 0.25) is 17.7 Å². The number of anilines is 2. The number of nitrogens with two attached hydrogens (primary N) is 2. The normalized spacial score (nSPS) is 11.9. The number of methoxy groups -OCH3 is 1. The van der Waals surface area contributed by atoms with E-state index in [9.17, 15) is 4.79 Å². The van der Waals surface area contributed by atoms with Gasteiger partial charge in [-0.3, -0.25) is 9.69 Å². The number of hydrogen-bond donors (Lipinski definition) is 3. The Morgan fingerprint density at radius 1 is 1.06 bits per heavy atom. The highest BCUT2D eigenvalue weighted by atomic mass is 16.5. The summed E-state index contributed by atoms with van der Waals surface area (Å²) in [6.45, 7) is 0. The van der Waals surface area contributed by atoms with Gasteiger partial charge in [0, 0.05) is 40.7 Å². The summed E-state index contributed by atoms with van der Waals surface area (Å²) in [7, 11) is 5.46. The molecule has 9 heteroatoms. The molecule has 1 heterocycles. The van der Waals surface area contributed by atoms with Crippen LogP contribution >= 0.6 is 0 Å². The molecule has 0 saturated heterocycles. The number of carbonyl (C=O) groups is 1. The second-order valence-corrected chi connectivity index (χ2v) is 8.24. The molecule has 0 saturated carbocycles. The van der Waals surface area contributed by atoms with E-state index in [0.29, 0.717) is 41.0 Å². The molecule has 0 aliphatic carbocycles. The molecule has 1 amide bonds. The fourth-order valence-corrected chi connectivity index (χ4v) is 3.75. The molecule has 5 N–H and O–H groups in total. The maximum absolute atomic E-state index is 11.5. The maximum atomic E-state index is 11.5. The van der Waals surface area contributed by atoms with Crippen molar-refractivity contribution in [1.29, 1.82) is 0 Å². The SMILES string of the molecule is COc1cc(C(N)=O)ccc1CC(Nc1nccc(Oc2ccc(N)c3ccccc23)n1)N(C)C. The predicted octanol–water partition coefficient (Wildman–Crippen LogP) is 3.65. The van der Waals surface area contributed by atoms with E-state index in [1.54, 1.807) is 31.5 Å². The topological polar surface area (TPSA) is 129 Å². The van der Waals surface area contributed by atoms with Gasteiger partial charge in [0.15, 0.2) is 0 Å². The molecule has 0 aliphatic heterocycles. The fourth-order valence-electron chi connectivity index (χ4n) is 3.75. The molecule has 0 fully saturated rings. The van der Waals surface area contributed by atoms with Crippen molar-refractivity contribution in [1.82, 2.24) is 14.9 Å². The van der Waals surface area contributed by atoms with Gasteiger partial charge in [-0.15, -0.1) is 0 Å². The number of nitrogen functional groups attached to an aromatic ring is 1. The Morgan fingerprint density at radius 2 is 1.83 bits per heavy atom.